The van der Waals surface area contributed by atoms with Crippen LogP contribution in [0, 0.1) is 5.92 Å². The third-order valence-electron chi connectivity index (χ3n) is 3.02. The molecule has 1 saturated carbocycles. The van der Waals surface area contributed by atoms with Gasteiger partial charge in [-0.1, -0.05) is 19.3 Å². The van der Waals surface area contributed by atoms with Crippen molar-refractivity contribution in [3.63, 3.8) is 0 Å². The van der Waals surface area contributed by atoms with Crippen molar-refractivity contribution in [3.05, 3.63) is 0 Å². The fraction of sp³-hybridized carbons (Fsp3) is 0.786. The van der Waals surface area contributed by atoms with E-state index in [1.807, 2.05) is 0 Å². The highest BCUT2D eigenvalue weighted by Gasteiger charge is 2.28. The van der Waals surface area contributed by atoms with Crippen LogP contribution in [0.3, 0.4) is 0 Å². The average Bonchev–Trinajstić information content (AvgIpc) is 2.27. The lowest BCUT2D eigenvalue weighted by Gasteiger charge is -2.21. The number of Topliss-reactive ketones (excluding diaryl/α,β-unsaturated/α-hetero) is 2. The Hall–Kier alpha value is -1.19. The Kier molecular flexibility index (Phi) is 5.05. The number of ketones is 2. The summed E-state index contributed by atoms with van der Waals surface area (Å²) < 4.78 is 4.95. The molecule has 0 atom stereocenters. The van der Waals surface area contributed by atoms with Crippen LogP contribution in [0.25, 0.3) is 0 Å². The van der Waals surface area contributed by atoms with Crippen molar-refractivity contribution in [1.82, 2.24) is 0 Å². The summed E-state index contributed by atoms with van der Waals surface area (Å²) in [5.41, 5.74) is -0.694. The molecule has 4 nitrogen and oxygen atoms in total. The monoisotopic (exact) mass is 254 g/mol. The zero-order valence-corrected chi connectivity index (χ0v) is 11.5. The summed E-state index contributed by atoms with van der Waals surface area (Å²) in [5.74, 6) is -1.76. The molecule has 0 aromatic carbocycles. The number of rotatable bonds is 4. The maximum absolute atomic E-state index is 11.8. The summed E-state index contributed by atoms with van der Waals surface area (Å²) in [6, 6.07) is 0. The van der Waals surface area contributed by atoms with Gasteiger partial charge in [0.2, 0.25) is 5.78 Å². The van der Waals surface area contributed by atoms with Crippen molar-refractivity contribution in [2.24, 2.45) is 5.92 Å². The van der Waals surface area contributed by atoms with Crippen molar-refractivity contribution in [2.75, 3.05) is 0 Å². The molecule has 0 radical (unpaired) electrons. The van der Waals surface area contributed by atoms with E-state index in [0.717, 1.165) is 32.1 Å². The minimum Gasteiger partial charge on any atom is -0.454 e. The molecule has 4 heteroatoms. The Morgan fingerprint density at radius 1 is 1.06 bits per heavy atom. The van der Waals surface area contributed by atoms with Gasteiger partial charge in [-0.2, -0.15) is 0 Å². The van der Waals surface area contributed by atoms with E-state index in [9.17, 15) is 14.4 Å². The highest BCUT2D eigenvalue weighted by atomic mass is 16.6. The highest BCUT2D eigenvalue weighted by Crippen LogP contribution is 2.25. The lowest BCUT2D eigenvalue weighted by Crippen LogP contribution is -2.31. The standard InChI is InChI=1S/C14H22O4/c1-14(2,3)18-13(17)12(16)9-11(15)10-7-5-4-6-8-10/h10H,4-9H2,1-3H3. The molecular weight excluding hydrogens is 232 g/mol. The fourth-order valence-electron chi connectivity index (χ4n) is 2.13. The molecule has 0 amide bonds. The molecule has 1 fully saturated rings. The molecule has 1 aliphatic rings. The molecule has 0 aromatic heterocycles. The van der Waals surface area contributed by atoms with Crippen LogP contribution in [-0.2, 0) is 19.1 Å². The highest BCUT2D eigenvalue weighted by molar-refractivity contribution is 6.37. The second-order valence-electron chi connectivity index (χ2n) is 5.90. The van der Waals surface area contributed by atoms with E-state index < -0.39 is 17.4 Å². The van der Waals surface area contributed by atoms with Gasteiger partial charge in [-0.05, 0) is 33.6 Å². The van der Waals surface area contributed by atoms with E-state index in [1.165, 1.54) is 0 Å². The van der Waals surface area contributed by atoms with Crippen molar-refractivity contribution in [3.8, 4) is 0 Å². The zero-order valence-electron chi connectivity index (χ0n) is 11.5. The third-order valence-corrected chi connectivity index (χ3v) is 3.02. The maximum atomic E-state index is 11.8. The fourth-order valence-corrected chi connectivity index (χ4v) is 2.13. The van der Waals surface area contributed by atoms with Gasteiger partial charge in [0, 0.05) is 5.92 Å². The first-order valence-corrected chi connectivity index (χ1v) is 6.58. The van der Waals surface area contributed by atoms with Crippen LogP contribution < -0.4 is 0 Å². The Morgan fingerprint density at radius 3 is 2.11 bits per heavy atom. The molecule has 1 rings (SSSR count). The second kappa shape index (κ2) is 6.12. The number of esters is 1. The lowest BCUT2D eigenvalue weighted by atomic mass is 9.85. The Bertz CT molecular complexity index is 332. The van der Waals surface area contributed by atoms with Gasteiger partial charge in [-0.15, -0.1) is 0 Å². The van der Waals surface area contributed by atoms with E-state index in [2.05, 4.69) is 0 Å². The molecule has 0 bridgehead atoms. The van der Waals surface area contributed by atoms with Crippen LogP contribution in [0.4, 0.5) is 0 Å². The van der Waals surface area contributed by atoms with Gasteiger partial charge in [-0.25, -0.2) is 4.79 Å². The van der Waals surface area contributed by atoms with Crippen LogP contribution in [0.5, 0.6) is 0 Å². The SMILES string of the molecule is CC(C)(C)OC(=O)C(=O)CC(=O)C1CCCCC1. The molecule has 0 heterocycles. The molecule has 0 unspecified atom stereocenters. The van der Waals surface area contributed by atoms with Gasteiger partial charge >= 0.3 is 5.97 Å². The van der Waals surface area contributed by atoms with Crippen LogP contribution in [0.2, 0.25) is 0 Å². The van der Waals surface area contributed by atoms with Crippen molar-refractivity contribution in [2.45, 2.75) is 64.9 Å². The third kappa shape index (κ3) is 4.98. The summed E-state index contributed by atoms with van der Waals surface area (Å²) in [6.07, 6.45) is 4.62. The minimum atomic E-state index is -0.897. The largest absolute Gasteiger partial charge is 0.454 e. The average molecular weight is 254 g/mol. The summed E-state index contributed by atoms with van der Waals surface area (Å²) in [4.78, 5) is 34.9. The van der Waals surface area contributed by atoms with Gasteiger partial charge in [0.15, 0.2) is 0 Å². The normalized spacial score (nSPS) is 17.3. The topological polar surface area (TPSA) is 60.4 Å². The zero-order chi connectivity index (χ0) is 13.8. The minimum absolute atomic E-state index is 0.0369. The molecule has 0 N–H and O–H groups in total. The summed E-state index contributed by atoms with van der Waals surface area (Å²) in [7, 11) is 0. The quantitative estimate of drug-likeness (QED) is 0.439. The summed E-state index contributed by atoms with van der Waals surface area (Å²) >= 11 is 0. The van der Waals surface area contributed by atoms with Crippen molar-refractivity contribution >= 4 is 17.5 Å². The van der Waals surface area contributed by atoms with Gasteiger partial charge in [-0.3, -0.25) is 9.59 Å². The predicted molar refractivity (Wildman–Crippen MR) is 67.1 cm³/mol. The van der Waals surface area contributed by atoms with Crippen LogP contribution in [-0.4, -0.2) is 23.1 Å². The summed E-state index contributed by atoms with van der Waals surface area (Å²) in [5, 5.41) is 0. The molecule has 0 aromatic rings. The Morgan fingerprint density at radius 2 is 1.61 bits per heavy atom. The molecule has 102 valence electrons. The van der Waals surface area contributed by atoms with E-state index >= 15 is 0 Å². The van der Waals surface area contributed by atoms with Crippen LogP contribution in [0.15, 0.2) is 0 Å². The van der Waals surface area contributed by atoms with Crippen LogP contribution in [0.1, 0.15) is 59.3 Å². The van der Waals surface area contributed by atoms with Gasteiger partial charge in [0.25, 0.3) is 0 Å². The number of carbonyl (C=O) groups is 3. The van der Waals surface area contributed by atoms with Gasteiger partial charge in [0.1, 0.15) is 11.4 Å². The van der Waals surface area contributed by atoms with Gasteiger partial charge in [0.05, 0.1) is 6.42 Å². The Labute approximate surface area is 108 Å². The van der Waals surface area contributed by atoms with E-state index in [4.69, 9.17) is 4.74 Å². The first-order chi connectivity index (χ1) is 8.29. The molecule has 18 heavy (non-hydrogen) atoms. The molecule has 0 aliphatic heterocycles. The predicted octanol–water partition coefficient (Wildman–Crippen LogP) is 2.44. The lowest BCUT2D eigenvalue weighted by molar-refractivity contribution is -0.163. The van der Waals surface area contributed by atoms with Crippen molar-refractivity contribution in [1.29, 1.82) is 0 Å². The van der Waals surface area contributed by atoms with E-state index in [-0.39, 0.29) is 18.1 Å². The maximum Gasteiger partial charge on any atom is 0.375 e. The van der Waals surface area contributed by atoms with Crippen LogP contribution >= 0.6 is 0 Å². The summed E-state index contributed by atoms with van der Waals surface area (Å²) in [6.45, 7) is 5.09. The molecule has 0 saturated heterocycles. The smallest absolute Gasteiger partial charge is 0.375 e. The van der Waals surface area contributed by atoms with E-state index in [1.54, 1.807) is 20.8 Å². The number of ether oxygens (including phenoxy) is 1. The van der Waals surface area contributed by atoms with Gasteiger partial charge < -0.3 is 4.74 Å². The Balaban J connectivity index is 2.43. The number of hydrogen-bond acceptors (Lipinski definition) is 4. The first kappa shape index (κ1) is 14.9. The first-order valence-electron chi connectivity index (χ1n) is 6.58. The molecule has 0 spiro atoms. The van der Waals surface area contributed by atoms with E-state index in [0.29, 0.717) is 0 Å². The second-order valence-corrected chi connectivity index (χ2v) is 5.90. The number of carbonyl (C=O) groups excluding carboxylic acids is 3. The van der Waals surface area contributed by atoms with Crippen molar-refractivity contribution < 1.29 is 19.1 Å². The molecular formula is C14H22O4. The number of hydrogen-bond donors (Lipinski definition) is 0. The molecule has 1 aliphatic carbocycles.